The third kappa shape index (κ3) is 1.73. The maximum absolute atomic E-state index is 10.9. The number of amides is 1. The summed E-state index contributed by atoms with van der Waals surface area (Å²) in [5, 5.41) is 0. The fourth-order valence-electron chi connectivity index (χ4n) is 0.662. The van der Waals surface area contributed by atoms with Gasteiger partial charge in [-0.2, -0.15) is 0 Å². The molecule has 1 aromatic rings. The van der Waals surface area contributed by atoms with Gasteiger partial charge in [0.15, 0.2) is 0 Å². The third-order valence-corrected chi connectivity index (χ3v) is 1.80. The van der Waals surface area contributed by atoms with Crippen molar-refractivity contribution in [2.24, 2.45) is 0 Å². The molecule has 2 nitrogen and oxygen atoms in total. The van der Waals surface area contributed by atoms with Crippen molar-refractivity contribution >= 4 is 28.7 Å². The fourth-order valence-corrected chi connectivity index (χ4v) is 1.07. The van der Waals surface area contributed by atoms with Crippen LogP contribution in [0.4, 0.5) is 0 Å². The van der Waals surface area contributed by atoms with Gasteiger partial charge in [0.2, 0.25) is 0 Å². The van der Waals surface area contributed by atoms with Crippen LogP contribution < -0.4 is 3.54 Å². The van der Waals surface area contributed by atoms with E-state index in [2.05, 4.69) is 3.54 Å². The molecule has 1 aromatic carbocycles. The van der Waals surface area contributed by atoms with E-state index in [1.54, 1.807) is 12.1 Å². The first kappa shape index (κ1) is 7.59. The number of rotatable bonds is 1. The van der Waals surface area contributed by atoms with Gasteiger partial charge in [0.25, 0.3) is 0 Å². The second-order valence-corrected chi connectivity index (χ2v) is 2.53. The van der Waals surface area contributed by atoms with E-state index < -0.39 is 0 Å². The Morgan fingerprint density at radius 3 is 2.40 bits per heavy atom. The van der Waals surface area contributed by atoms with E-state index in [4.69, 9.17) is 0 Å². The number of carbonyl (C=O) groups excluding carboxylic acids is 1. The molecule has 3 radical (unpaired) electrons. The van der Waals surface area contributed by atoms with Crippen LogP contribution in [0.25, 0.3) is 0 Å². The molecule has 0 bridgehead atoms. The van der Waals surface area contributed by atoms with Gasteiger partial charge in [-0.1, -0.05) is 0 Å². The molecule has 3 heteroatoms. The standard InChI is InChI=1S/C7H7NO.Sn/c8-7(9)6-4-2-1-3-5-6;/h1-5H,(H2,8,9);/q;+1/p-1. The van der Waals surface area contributed by atoms with Gasteiger partial charge in [0, 0.05) is 0 Å². The zero-order valence-corrected chi connectivity index (χ0v) is 8.15. The normalized spacial score (nSPS) is 8.90. The van der Waals surface area contributed by atoms with E-state index in [1.165, 1.54) is 0 Å². The quantitative estimate of drug-likeness (QED) is 0.710. The van der Waals surface area contributed by atoms with E-state index in [0.29, 0.717) is 0 Å². The number of benzene rings is 1. The molecule has 49 valence electrons. The third-order valence-electron chi connectivity index (χ3n) is 1.15. The molecule has 0 spiro atoms. The summed E-state index contributed by atoms with van der Waals surface area (Å²) >= 11 is 1.03. The second kappa shape index (κ2) is 3.61. The average molecular weight is 239 g/mol. The summed E-state index contributed by atoms with van der Waals surface area (Å²) in [6, 6.07) is 9.17. The SMILES string of the molecule is O=C([NH][Sn])c1ccccc1. The van der Waals surface area contributed by atoms with E-state index in [0.717, 1.165) is 28.4 Å². The van der Waals surface area contributed by atoms with Crippen LogP contribution in [0, 0.1) is 0 Å². The van der Waals surface area contributed by atoms with Crippen molar-refractivity contribution in [1.82, 2.24) is 3.54 Å². The van der Waals surface area contributed by atoms with Crippen LogP contribution in [0.5, 0.6) is 0 Å². The van der Waals surface area contributed by atoms with Crippen LogP contribution in [0.1, 0.15) is 10.4 Å². The Hall–Kier alpha value is -0.511. The molecule has 10 heavy (non-hydrogen) atoms. The van der Waals surface area contributed by atoms with Gasteiger partial charge in [-0.25, -0.2) is 0 Å². The number of carbonyl (C=O) groups is 1. The molecule has 0 fully saturated rings. The average Bonchev–Trinajstić information content (AvgIpc) is 2.05. The van der Waals surface area contributed by atoms with Gasteiger partial charge in [-0.15, -0.1) is 0 Å². The van der Waals surface area contributed by atoms with Crippen LogP contribution in [-0.4, -0.2) is 28.7 Å². The van der Waals surface area contributed by atoms with Crippen molar-refractivity contribution in [3.05, 3.63) is 35.9 Å². The molecule has 0 aliphatic carbocycles. The Balaban J connectivity index is 2.85. The molecule has 0 aliphatic rings. The molecule has 0 heterocycles. The fraction of sp³-hybridized carbons (Fsp3) is 0. The molecule has 0 saturated heterocycles. The van der Waals surface area contributed by atoms with Crippen LogP contribution in [0.2, 0.25) is 0 Å². The summed E-state index contributed by atoms with van der Waals surface area (Å²) in [4.78, 5) is 10.9. The van der Waals surface area contributed by atoms with Crippen molar-refractivity contribution in [3.63, 3.8) is 0 Å². The predicted octanol–water partition coefficient (Wildman–Crippen LogP) is 0.500. The molecule has 0 unspecified atom stereocenters. The van der Waals surface area contributed by atoms with Crippen LogP contribution in [-0.2, 0) is 0 Å². The van der Waals surface area contributed by atoms with Crippen molar-refractivity contribution in [1.29, 1.82) is 0 Å². The van der Waals surface area contributed by atoms with Crippen LogP contribution in [0.3, 0.4) is 0 Å². The molecular formula is C7H6NOSn. The summed E-state index contributed by atoms with van der Waals surface area (Å²) in [6.07, 6.45) is 0. The van der Waals surface area contributed by atoms with E-state index in [1.807, 2.05) is 18.2 Å². The minimum absolute atomic E-state index is 0.00111. The van der Waals surface area contributed by atoms with Crippen molar-refractivity contribution < 1.29 is 4.79 Å². The zero-order chi connectivity index (χ0) is 7.40. The van der Waals surface area contributed by atoms with Gasteiger partial charge < -0.3 is 0 Å². The molecule has 0 saturated carbocycles. The van der Waals surface area contributed by atoms with Crippen molar-refractivity contribution in [2.45, 2.75) is 0 Å². The number of hydrogen-bond acceptors (Lipinski definition) is 1. The van der Waals surface area contributed by atoms with Gasteiger partial charge in [-0.3, -0.25) is 0 Å². The van der Waals surface area contributed by atoms with Crippen molar-refractivity contribution in [2.75, 3.05) is 0 Å². The summed E-state index contributed by atoms with van der Waals surface area (Å²) in [7, 11) is 0. The van der Waals surface area contributed by atoms with Gasteiger partial charge >= 0.3 is 72.9 Å². The van der Waals surface area contributed by atoms with Gasteiger partial charge in [-0.05, 0) is 0 Å². The van der Waals surface area contributed by atoms with E-state index in [-0.39, 0.29) is 5.91 Å². The first-order valence-corrected chi connectivity index (χ1v) is 4.29. The first-order chi connectivity index (χ1) is 4.84. The van der Waals surface area contributed by atoms with Crippen LogP contribution in [0.15, 0.2) is 30.3 Å². The second-order valence-electron chi connectivity index (χ2n) is 1.82. The maximum atomic E-state index is 10.9. The summed E-state index contributed by atoms with van der Waals surface area (Å²) in [5.41, 5.74) is 0.722. The Morgan fingerprint density at radius 2 is 1.90 bits per heavy atom. The predicted molar refractivity (Wildman–Crippen MR) is 39.7 cm³/mol. The zero-order valence-electron chi connectivity index (χ0n) is 5.29. The Morgan fingerprint density at radius 1 is 1.30 bits per heavy atom. The van der Waals surface area contributed by atoms with Gasteiger partial charge in [0.1, 0.15) is 0 Å². The first-order valence-electron chi connectivity index (χ1n) is 2.86. The summed E-state index contributed by atoms with van der Waals surface area (Å²) in [6.45, 7) is 0. The Labute approximate surface area is 73.1 Å². The monoisotopic (exact) mass is 240 g/mol. The molecule has 0 aromatic heterocycles. The number of hydrogen-bond donors (Lipinski definition) is 1. The molecule has 0 atom stereocenters. The molecule has 1 N–H and O–H groups in total. The van der Waals surface area contributed by atoms with Crippen LogP contribution >= 0.6 is 0 Å². The van der Waals surface area contributed by atoms with E-state index in [9.17, 15) is 4.79 Å². The molecule has 1 amide bonds. The minimum atomic E-state index is -0.00111. The summed E-state index contributed by atoms with van der Waals surface area (Å²) < 4.78 is 2.63. The molecule has 0 aliphatic heterocycles. The van der Waals surface area contributed by atoms with Gasteiger partial charge in [0.05, 0.1) is 0 Å². The molecule has 1 rings (SSSR count). The van der Waals surface area contributed by atoms with E-state index >= 15 is 0 Å². The molecular weight excluding hydrogens is 233 g/mol. The summed E-state index contributed by atoms with van der Waals surface area (Å²) in [5.74, 6) is -0.00111. The topological polar surface area (TPSA) is 29.1 Å². The Kier molecular flexibility index (Phi) is 2.74. The Bertz CT molecular complexity index is 222. The number of nitrogens with one attached hydrogen (secondary N) is 1. The van der Waals surface area contributed by atoms with Crippen molar-refractivity contribution in [3.8, 4) is 0 Å².